The minimum Gasteiger partial charge on any atom is -0.379 e. The van der Waals surface area contributed by atoms with E-state index in [0.717, 1.165) is 47.8 Å². The lowest BCUT2D eigenvalue weighted by atomic mass is 10.2. The molecule has 2 N–H and O–H groups in total. The third-order valence-electron chi connectivity index (χ3n) is 4.22. The molecule has 1 aromatic heterocycles. The van der Waals surface area contributed by atoms with Gasteiger partial charge in [0.25, 0.3) is 0 Å². The molecule has 1 aliphatic rings. The molecular formula is C19H22ClN3O3S. The van der Waals surface area contributed by atoms with Crippen LogP contribution in [0.3, 0.4) is 0 Å². The minimum absolute atomic E-state index is 0.0492. The first-order chi connectivity index (χ1) is 13.1. The summed E-state index contributed by atoms with van der Waals surface area (Å²) in [6.45, 7) is 4.54. The van der Waals surface area contributed by atoms with Crippen LogP contribution in [0.25, 0.3) is 16.2 Å². The van der Waals surface area contributed by atoms with E-state index in [4.69, 9.17) is 16.3 Å². The molecule has 1 aliphatic heterocycles. The summed E-state index contributed by atoms with van der Waals surface area (Å²) < 4.78 is 6.35. The Kier molecular flexibility index (Phi) is 7.23. The molecule has 0 aliphatic carbocycles. The van der Waals surface area contributed by atoms with E-state index in [1.54, 1.807) is 6.08 Å². The van der Waals surface area contributed by atoms with Gasteiger partial charge >= 0.3 is 0 Å². The lowest BCUT2D eigenvalue weighted by Crippen LogP contribution is -2.43. The van der Waals surface area contributed by atoms with E-state index >= 15 is 0 Å². The van der Waals surface area contributed by atoms with E-state index in [2.05, 4.69) is 15.5 Å². The second kappa shape index (κ2) is 9.85. The molecule has 27 heavy (non-hydrogen) atoms. The van der Waals surface area contributed by atoms with Crippen molar-refractivity contribution in [3.05, 3.63) is 40.2 Å². The maximum Gasteiger partial charge on any atom is 0.244 e. The lowest BCUT2D eigenvalue weighted by molar-refractivity contribution is -0.124. The van der Waals surface area contributed by atoms with Crippen LogP contribution in [0, 0.1) is 0 Å². The molecule has 0 spiro atoms. The van der Waals surface area contributed by atoms with Gasteiger partial charge in [0.15, 0.2) is 0 Å². The standard InChI is InChI=1S/C19H22ClN3O3S/c20-19-14-3-1-2-4-15(14)27-16(19)5-6-17(24)22-13-18(25)21-7-8-23-9-11-26-12-10-23/h1-6H,7-13H2,(H,21,25)(H,22,24). The topological polar surface area (TPSA) is 70.7 Å². The zero-order valence-electron chi connectivity index (χ0n) is 14.9. The van der Waals surface area contributed by atoms with Gasteiger partial charge in [-0.1, -0.05) is 29.8 Å². The van der Waals surface area contributed by atoms with Gasteiger partial charge in [-0.05, 0) is 12.1 Å². The molecule has 0 atom stereocenters. The van der Waals surface area contributed by atoms with Crippen LogP contribution < -0.4 is 10.6 Å². The first-order valence-corrected chi connectivity index (χ1v) is 10.0. The second-order valence-electron chi connectivity index (χ2n) is 6.13. The van der Waals surface area contributed by atoms with Crippen LogP contribution in [0.1, 0.15) is 4.88 Å². The number of rotatable bonds is 7. The van der Waals surface area contributed by atoms with E-state index in [1.807, 2.05) is 24.3 Å². The van der Waals surface area contributed by atoms with Crippen LogP contribution in [0.2, 0.25) is 5.02 Å². The van der Waals surface area contributed by atoms with Gasteiger partial charge in [0.2, 0.25) is 11.8 Å². The number of carbonyl (C=O) groups is 2. The van der Waals surface area contributed by atoms with Gasteiger partial charge in [-0.25, -0.2) is 0 Å². The Balaban J connectivity index is 1.40. The molecule has 1 aromatic carbocycles. The molecule has 1 saturated heterocycles. The molecule has 2 aromatic rings. The van der Waals surface area contributed by atoms with Gasteiger partial charge in [0, 0.05) is 47.2 Å². The van der Waals surface area contributed by atoms with Crippen LogP contribution in [0.4, 0.5) is 0 Å². The van der Waals surface area contributed by atoms with Crippen molar-refractivity contribution in [2.75, 3.05) is 45.9 Å². The van der Waals surface area contributed by atoms with E-state index in [0.29, 0.717) is 11.6 Å². The maximum atomic E-state index is 11.9. The van der Waals surface area contributed by atoms with Crippen molar-refractivity contribution in [1.82, 2.24) is 15.5 Å². The number of nitrogens with zero attached hydrogens (tertiary/aromatic N) is 1. The van der Waals surface area contributed by atoms with Crippen LogP contribution in [-0.4, -0.2) is 62.7 Å². The average molecular weight is 408 g/mol. The summed E-state index contributed by atoms with van der Waals surface area (Å²) >= 11 is 7.86. The predicted octanol–water partition coefficient (Wildman–Crippen LogP) is 2.13. The Hall–Kier alpha value is -1.93. The molecule has 0 bridgehead atoms. The summed E-state index contributed by atoms with van der Waals surface area (Å²) in [5, 5.41) is 7.01. The quantitative estimate of drug-likeness (QED) is 0.690. The number of thiophene rings is 1. The third-order valence-corrected chi connectivity index (χ3v) is 5.88. The molecule has 0 unspecified atom stereocenters. The summed E-state index contributed by atoms with van der Waals surface area (Å²) in [6, 6.07) is 7.82. The molecular weight excluding hydrogens is 386 g/mol. The molecule has 0 radical (unpaired) electrons. The monoisotopic (exact) mass is 407 g/mol. The predicted molar refractivity (Wildman–Crippen MR) is 109 cm³/mol. The fourth-order valence-electron chi connectivity index (χ4n) is 2.76. The summed E-state index contributed by atoms with van der Waals surface area (Å²) in [7, 11) is 0. The molecule has 2 heterocycles. The van der Waals surface area contributed by atoms with E-state index in [1.165, 1.54) is 17.4 Å². The lowest BCUT2D eigenvalue weighted by Gasteiger charge is -2.26. The summed E-state index contributed by atoms with van der Waals surface area (Å²) in [5.74, 6) is -0.531. The van der Waals surface area contributed by atoms with Gasteiger partial charge in [-0.2, -0.15) is 0 Å². The number of benzene rings is 1. The van der Waals surface area contributed by atoms with Crippen molar-refractivity contribution < 1.29 is 14.3 Å². The second-order valence-corrected chi connectivity index (χ2v) is 7.59. The highest BCUT2D eigenvalue weighted by Gasteiger charge is 2.11. The van der Waals surface area contributed by atoms with Crippen molar-refractivity contribution in [3.63, 3.8) is 0 Å². The fourth-order valence-corrected chi connectivity index (χ4v) is 4.16. The maximum absolute atomic E-state index is 11.9. The molecule has 2 amide bonds. The van der Waals surface area contributed by atoms with Crippen LogP contribution in [0.5, 0.6) is 0 Å². The first-order valence-electron chi connectivity index (χ1n) is 8.83. The van der Waals surface area contributed by atoms with Gasteiger partial charge in [0.1, 0.15) is 0 Å². The number of hydrogen-bond acceptors (Lipinski definition) is 5. The number of fused-ring (bicyclic) bond motifs is 1. The molecule has 3 rings (SSSR count). The molecule has 144 valence electrons. The van der Waals surface area contributed by atoms with E-state index < -0.39 is 0 Å². The van der Waals surface area contributed by atoms with Gasteiger partial charge in [-0.3, -0.25) is 14.5 Å². The third kappa shape index (κ3) is 5.77. The summed E-state index contributed by atoms with van der Waals surface area (Å²) in [4.78, 5) is 26.8. The molecule has 8 heteroatoms. The van der Waals surface area contributed by atoms with Gasteiger partial charge < -0.3 is 15.4 Å². The zero-order valence-corrected chi connectivity index (χ0v) is 16.4. The normalized spacial score (nSPS) is 15.3. The Morgan fingerprint density at radius 1 is 1.22 bits per heavy atom. The van der Waals surface area contributed by atoms with Gasteiger partial charge in [-0.15, -0.1) is 11.3 Å². The minimum atomic E-state index is -0.327. The van der Waals surface area contributed by atoms with Gasteiger partial charge in [0.05, 0.1) is 24.8 Å². The number of hydrogen-bond donors (Lipinski definition) is 2. The van der Waals surface area contributed by atoms with Crippen molar-refractivity contribution in [1.29, 1.82) is 0 Å². The van der Waals surface area contributed by atoms with Crippen molar-refractivity contribution >= 4 is 50.9 Å². The van der Waals surface area contributed by atoms with Crippen LogP contribution in [-0.2, 0) is 14.3 Å². The highest BCUT2D eigenvalue weighted by atomic mass is 35.5. The number of morpholine rings is 1. The summed E-state index contributed by atoms with van der Waals surface area (Å²) in [6.07, 6.45) is 3.08. The van der Waals surface area contributed by atoms with Crippen molar-refractivity contribution in [2.45, 2.75) is 0 Å². The SMILES string of the molecule is O=C(C=Cc1sc2ccccc2c1Cl)NCC(=O)NCCN1CCOCC1. The number of ether oxygens (including phenoxy) is 1. The zero-order chi connectivity index (χ0) is 19.1. The smallest absolute Gasteiger partial charge is 0.244 e. The fraction of sp³-hybridized carbons (Fsp3) is 0.368. The van der Waals surface area contributed by atoms with Crippen LogP contribution in [0.15, 0.2) is 30.3 Å². The Labute approximate surface area is 167 Å². The van der Waals surface area contributed by atoms with Crippen molar-refractivity contribution in [3.8, 4) is 0 Å². The number of halogens is 1. The number of carbonyl (C=O) groups excluding carboxylic acids is 2. The Morgan fingerprint density at radius 3 is 2.78 bits per heavy atom. The summed E-state index contributed by atoms with van der Waals surface area (Å²) in [5.41, 5.74) is 0. The van der Waals surface area contributed by atoms with E-state index in [-0.39, 0.29) is 18.4 Å². The molecule has 1 fully saturated rings. The Morgan fingerprint density at radius 2 is 2.00 bits per heavy atom. The average Bonchev–Trinajstić information content (AvgIpc) is 3.01. The Bertz CT molecular complexity index is 831. The highest BCUT2D eigenvalue weighted by molar-refractivity contribution is 7.20. The highest BCUT2D eigenvalue weighted by Crippen LogP contribution is 2.35. The van der Waals surface area contributed by atoms with Crippen molar-refractivity contribution in [2.24, 2.45) is 0 Å². The largest absolute Gasteiger partial charge is 0.379 e. The van der Waals surface area contributed by atoms with Crippen LogP contribution >= 0.6 is 22.9 Å². The first kappa shape index (κ1) is 19.8. The molecule has 6 nitrogen and oxygen atoms in total. The van der Waals surface area contributed by atoms with E-state index in [9.17, 15) is 9.59 Å². The molecule has 0 saturated carbocycles. The number of amides is 2. The number of nitrogens with one attached hydrogen (secondary N) is 2.